The Bertz CT molecular complexity index is 2960. The van der Waals surface area contributed by atoms with Crippen molar-refractivity contribution in [1.29, 1.82) is 0 Å². The zero-order valence-electron chi connectivity index (χ0n) is 93.8. The van der Waals surface area contributed by atoms with Crippen LogP contribution in [0.25, 0.3) is 0 Å². The standard InChI is InChI=1S/C17H32O2.4C15H29N.C14H22.C12H24O2.C10H19.C4H9.W/c1-15(2,3)13-7-9-17(10-8-13)18-11-14(12-19-17)16(4,5)6;1-14(2,3)13-7-11-9-16(15(4,5)6)10-12(11)8-13;1-14(2,3)11-9-12-7-8-13(10-11)16(12)15(4,5)6;1-14(2,3)13-9-12-8-7-11(13)10-16(12)15(4,5)6;1-14(2,3)13-11-7-8-12(13)10-16(9-11)15(4,5)6;1-13(2,3)11-7-9-12(10-8-11)14(4,5)6;1-11(2,3)9-7-13-10(14-8-9)12(4,5)6;1-10(2,3)9-7-5-4-6-8-9;1-4(2)3;/h13-14H,7-12H2,1-6H3;4*11-13H,7-10H2,1-6H3;7-10H,1-6H3;9-10H,7-8H2,1-6H3;4,9H,5-8H2,1-3H3;1-3H3;/q;;;;;;;2*-1;+2. The summed E-state index contributed by atoms with van der Waals surface area (Å²) in [6.45, 7) is 122. The zero-order chi connectivity index (χ0) is 96.0. The largest absolute Gasteiger partial charge is 2.00 e. The molecule has 9 heteroatoms. The fraction of sp³-hybridized carbons (Fsp3) is 0.932. The SMILES string of the molecule is CC(C)(C)C1C2CCC1CN(C(C)(C)C)C2.CC(C)(C)C1CC2CCC(C1)N2C(C)(C)C.CC(C)(C)C1CC2CCC1CN2C(C)(C)C.CC(C)(C)C1CC2CN(C(C)(C)C)CC2C1.CC(C)(C)C1CCC2(CC1)OCC(C(C)(C)C)CO2.CC(C)(C)C1CC[CH-]CC1.CC(C)(C)C1COC(C(C)(C)C)OC1.CC(C)(C)c1ccc(C(C)(C)C)cc1.C[C-](C)C.[W+2]. The molecule has 0 aromatic heterocycles. The molecular weight excluding hydrogens is 1710 g/mol. The van der Waals surface area contributed by atoms with Gasteiger partial charge in [-0.2, -0.15) is 33.6 Å². The third-order valence-electron chi connectivity index (χ3n) is 32.7. The molecule has 0 N–H and O–H groups in total. The third-order valence-corrected chi connectivity index (χ3v) is 32.7. The van der Waals surface area contributed by atoms with E-state index in [0.29, 0.717) is 66.5 Å². The van der Waals surface area contributed by atoms with Crippen LogP contribution in [0.3, 0.4) is 0 Å². The number of rotatable bonds is 0. The van der Waals surface area contributed by atoms with Gasteiger partial charge in [-0.3, -0.25) is 19.6 Å². The van der Waals surface area contributed by atoms with Gasteiger partial charge >= 0.3 is 21.1 Å². The molecule has 1 spiro atoms. The normalized spacial score (nSPS) is 31.3. The second-order valence-electron chi connectivity index (χ2n) is 59.5. The number of likely N-dealkylation sites (tertiary alicyclic amines) is 2. The molecule has 13 fully saturated rings. The first-order chi connectivity index (χ1) is 56.1. The number of piperidine rings is 4. The Morgan fingerprint density at radius 1 is 0.310 bits per heavy atom. The number of hydrogen-bond acceptors (Lipinski definition) is 8. The molecule has 13 aliphatic rings. The first-order valence-corrected chi connectivity index (χ1v) is 52.4. The summed E-state index contributed by atoms with van der Waals surface area (Å²) in [4.78, 5) is 11.0. The van der Waals surface area contributed by atoms with Gasteiger partial charge in [0.2, 0.25) is 0 Å². The third kappa shape index (κ3) is 36.8. The Balaban J connectivity index is 0.000000301. The first kappa shape index (κ1) is 118. The fourth-order valence-corrected chi connectivity index (χ4v) is 23.8. The van der Waals surface area contributed by atoms with Crippen molar-refractivity contribution in [3.05, 3.63) is 47.7 Å². The minimum Gasteiger partial charge on any atom is -0.352 e. The van der Waals surface area contributed by atoms with Crippen LogP contribution in [0.4, 0.5) is 0 Å². The molecule has 14 rings (SSSR count). The first-order valence-electron chi connectivity index (χ1n) is 52.4. The molecular formula is C117H222N4O4W. The van der Waals surface area contributed by atoms with Gasteiger partial charge in [0.25, 0.3) is 0 Å². The molecule has 1 aromatic rings. The van der Waals surface area contributed by atoms with Crippen LogP contribution in [0.2, 0.25) is 0 Å². The minimum absolute atomic E-state index is 0. The number of fused-ring (bicyclic) bond motifs is 8. The molecule has 126 heavy (non-hydrogen) atoms. The van der Waals surface area contributed by atoms with Crippen molar-refractivity contribution in [1.82, 2.24) is 19.6 Å². The Labute approximate surface area is 804 Å². The van der Waals surface area contributed by atoms with E-state index < -0.39 is 0 Å². The van der Waals surface area contributed by atoms with Gasteiger partial charge in [-0.1, -0.05) is 266 Å². The van der Waals surface area contributed by atoms with Crippen LogP contribution in [0.1, 0.15) is 465 Å². The Kier molecular flexibility index (Phi) is 42.5. The van der Waals surface area contributed by atoms with Gasteiger partial charge in [0.1, 0.15) is 0 Å². The minimum atomic E-state index is -0.247. The molecule has 6 bridgehead atoms. The molecule has 8 saturated heterocycles. The summed E-state index contributed by atoms with van der Waals surface area (Å²) in [5.74, 6) is 12.6. The topological polar surface area (TPSA) is 49.9 Å². The van der Waals surface area contributed by atoms with Gasteiger partial charge in [-0.25, -0.2) is 0 Å². The van der Waals surface area contributed by atoms with Crippen LogP contribution in [0, 0.1) is 138 Å². The molecule has 5 saturated carbocycles. The fourth-order valence-electron chi connectivity index (χ4n) is 23.8. The summed E-state index contributed by atoms with van der Waals surface area (Å²) >= 11 is 0. The molecule has 8 aliphatic heterocycles. The van der Waals surface area contributed by atoms with E-state index in [2.05, 4.69) is 383 Å². The second kappa shape index (κ2) is 45.5. The van der Waals surface area contributed by atoms with Gasteiger partial charge in [-0.15, -0.1) is 0 Å². The second-order valence-corrected chi connectivity index (χ2v) is 59.5. The summed E-state index contributed by atoms with van der Waals surface area (Å²) in [6, 6.07) is 11.6. The van der Waals surface area contributed by atoms with Crippen LogP contribution in [0.15, 0.2) is 24.3 Å². The van der Waals surface area contributed by atoms with E-state index in [9.17, 15) is 0 Å². The van der Waals surface area contributed by atoms with Gasteiger partial charge in [0, 0.05) is 103 Å². The van der Waals surface area contributed by atoms with E-state index in [0.717, 1.165) is 122 Å². The van der Waals surface area contributed by atoms with Crippen LogP contribution in [0.5, 0.6) is 0 Å². The Hall–Kier alpha value is -0.412. The van der Waals surface area contributed by atoms with Crippen LogP contribution < -0.4 is 0 Å². The number of nitrogens with zero attached hydrogens (tertiary/aromatic N) is 4. The van der Waals surface area contributed by atoms with Gasteiger partial charge in [-0.05, 0) is 297 Å². The monoisotopic (exact) mass is 1930 g/mol. The van der Waals surface area contributed by atoms with Crippen molar-refractivity contribution in [2.75, 3.05) is 59.2 Å². The summed E-state index contributed by atoms with van der Waals surface area (Å²) in [7, 11) is 0. The molecule has 1 aromatic carbocycles. The van der Waals surface area contributed by atoms with Gasteiger partial charge < -0.3 is 31.3 Å². The maximum Gasteiger partial charge on any atom is 2.00 e. The molecule has 5 aliphatic carbocycles. The summed E-state index contributed by atoms with van der Waals surface area (Å²) < 4.78 is 23.9. The predicted molar refractivity (Wildman–Crippen MR) is 549 cm³/mol. The maximum absolute atomic E-state index is 6.18. The molecule has 0 amide bonds. The van der Waals surface area contributed by atoms with Crippen molar-refractivity contribution in [2.24, 2.45) is 126 Å². The molecule has 9 unspecified atom stereocenters. The summed E-state index contributed by atoms with van der Waals surface area (Å²) in [5, 5.41) is 0. The van der Waals surface area contributed by atoms with Crippen molar-refractivity contribution in [3.63, 3.8) is 0 Å². The van der Waals surface area contributed by atoms with Crippen LogP contribution >= 0.6 is 0 Å². The van der Waals surface area contributed by atoms with Crippen molar-refractivity contribution in [3.8, 4) is 0 Å². The van der Waals surface area contributed by atoms with Crippen molar-refractivity contribution < 1.29 is 40.0 Å². The Morgan fingerprint density at radius 3 is 0.921 bits per heavy atom. The summed E-state index contributed by atoms with van der Waals surface area (Å²) in [6.07, 6.45) is 28.5. The van der Waals surface area contributed by atoms with Crippen LogP contribution in [-0.4, -0.2) is 131 Å². The van der Waals surface area contributed by atoms with Gasteiger partial charge in [0.05, 0.1) is 26.4 Å². The van der Waals surface area contributed by atoms with E-state index in [1.807, 2.05) is 0 Å². The number of ether oxygens (including phenoxy) is 4. The van der Waals surface area contributed by atoms with E-state index in [-0.39, 0.29) is 60.2 Å². The van der Waals surface area contributed by atoms with E-state index in [1.54, 1.807) is 0 Å². The van der Waals surface area contributed by atoms with E-state index >= 15 is 0 Å². The summed E-state index contributed by atoms with van der Waals surface area (Å²) in [5.41, 5.74) is 8.48. The predicted octanol–water partition coefficient (Wildman–Crippen LogP) is 32.6. The quantitative estimate of drug-likeness (QED) is 0.238. The van der Waals surface area contributed by atoms with E-state index in [4.69, 9.17) is 18.9 Å². The van der Waals surface area contributed by atoms with Crippen LogP contribution in [-0.2, 0) is 50.8 Å². The van der Waals surface area contributed by atoms with Crippen molar-refractivity contribution >= 4 is 0 Å². The molecule has 8 heterocycles. The molecule has 8 nitrogen and oxygen atoms in total. The maximum atomic E-state index is 6.18. The molecule has 9 atom stereocenters. The smallest absolute Gasteiger partial charge is 0.352 e. The molecule has 740 valence electrons. The zero-order valence-corrected chi connectivity index (χ0v) is 96.8. The molecule has 0 radical (unpaired) electrons. The van der Waals surface area contributed by atoms with E-state index in [1.165, 1.54) is 159 Å². The number of hydrogen-bond donors (Lipinski definition) is 0. The Morgan fingerprint density at radius 2 is 0.635 bits per heavy atom. The number of benzene rings is 1. The van der Waals surface area contributed by atoms with Crippen molar-refractivity contribution in [2.45, 2.75) is 518 Å². The van der Waals surface area contributed by atoms with Gasteiger partial charge in [0.15, 0.2) is 12.1 Å². The average Bonchev–Trinajstić information content (AvgIpc) is 1.33. The average molecular weight is 1930 g/mol.